The molecule has 6 nitrogen and oxygen atoms in total. The molecule has 2 atom stereocenters. The van der Waals surface area contributed by atoms with E-state index in [1.165, 1.54) is 21.2 Å². The van der Waals surface area contributed by atoms with E-state index in [-0.39, 0.29) is 29.2 Å². The Morgan fingerprint density at radius 3 is 2.73 bits per heavy atom. The number of pyridine rings is 1. The van der Waals surface area contributed by atoms with Crippen LogP contribution in [0.25, 0.3) is 5.65 Å². The van der Waals surface area contributed by atoms with Gasteiger partial charge in [-0.15, -0.1) is 5.10 Å². The number of halogens is 1. The third kappa shape index (κ3) is 3.50. The summed E-state index contributed by atoms with van der Waals surface area (Å²) in [6.07, 6.45) is 2.44. The highest BCUT2D eigenvalue weighted by Gasteiger charge is 2.43. The van der Waals surface area contributed by atoms with E-state index < -0.39 is 0 Å². The number of aromatic nitrogens is 3. The Bertz CT molecular complexity index is 1290. The van der Waals surface area contributed by atoms with Crippen molar-refractivity contribution in [2.75, 3.05) is 5.32 Å². The Balaban J connectivity index is 1.28. The van der Waals surface area contributed by atoms with Crippen LogP contribution in [0.5, 0.6) is 0 Å². The van der Waals surface area contributed by atoms with E-state index in [9.17, 15) is 14.0 Å². The van der Waals surface area contributed by atoms with Gasteiger partial charge in [0.05, 0.1) is 6.54 Å². The van der Waals surface area contributed by atoms with Crippen LogP contribution in [0, 0.1) is 11.7 Å². The van der Waals surface area contributed by atoms with Crippen LogP contribution in [0.4, 0.5) is 10.1 Å². The zero-order chi connectivity index (χ0) is 20.7. The molecule has 1 N–H and O–H groups in total. The number of hydrogen-bond donors (Lipinski definition) is 1. The summed E-state index contributed by atoms with van der Waals surface area (Å²) >= 11 is 0. The Hall–Kier alpha value is -3.74. The van der Waals surface area contributed by atoms with Gasteiger partial charge in [0.25, 0.3) is 0 Å². The summed E-state index contributed by atoms with van der Waals surface area (Å²) in [4.78, 5) is 25.1. The van der Waals surface area contributed by atoms with E-state index in [1.54, 1.807) is 30.5 Å². The van der Waals surface area contributed by atoms with Crippen molar-refractivity contribution in [3.63, 3.8) is 0 Å². The molecule has 0 aliphatic heterocycles. The Labute approximate surface area is 171 Å². The molecule has 1 fully saturated rings. The Morgan fingerprint density at radius 1 is 1.10 bits per heavy atom. The minimum Gasteiger partial charge on any atom is -0.326 e. The first-order chi connectivity index (χ1) is 14.6. The second-order valence-corrected chi connectivity index (χ2v) is 7.56. The lowest BCUT2D eigenvalue weighted by molar-refractivity contribution is -0.117. The van der Waals surface area contributed by atoms with E-state index in [2.05, 4.69) is 10.4 Å². The van der Waals surface area contributed by atoms with Crippen LogP contribution in [-0.2, 0) is 11.3 Å². The van der Waals surface area contributed by atoms with Crippen LogP contribution in [0.15, 0.2) is 77.7 Å². The predicted octanol–water partition coefficient (Wildman–Crippen LogP) is 3.43. The topological polar surface area (TPSA) is 68.4 Å². The van der Waals surface area contributed by atoms with Gasteiger partial charge >= 0.3 is 5.69 Å². The zero-order valence-corrected chi connectivity index (χ0v) is 16.0. The molecule has 0 saturated heterocycles. The van der Waals surface area contributed by atoms with Crippen LogP contribution in [-0.4, -0.2) is 20.1 Å². The summed E-state index contributed by atoms with van der Waals surface area (Å²) in [5.41, 5.74) is 2.91. The fourth-order valence-corrected chi connectivity index (χ4v) is 3.79. The highest BCUT2D eigenvalue weighted by atomic mass is 19.1. The number of carbonyl (C=O) groups excluding carboxylic acids is 1. The van der Waals surface area contributed by atoms with Gasteiger partial charge in [-0.05, 0) is 59.9 Å². The monoisotopic (exact) mass is 402 g/mol. The van der Waals surface area contributed by atoms with Crippen molar-refractivity contribution in [1.29, 1.82) is 0 Å². The van der Waals surface area contributed by atoms with Gasteiger partial charge in [-0.25, -0.2) is 13.9 Å². The van der Waals surface area contributed by atoms with Gasteiger partial charge in [-0.2, -0.15) is 0 Å². The van der Waals surface area contributed by atoms with Crippen molar-refractivity contribution in [2.45, 2.75) is 18.9 Å². The van der Waals surface area contributed by atoms with E-state index in [0.717, 1.165) is 17.5 Å². The quantitative estimate of drug-likeness (QED) is 0.556. The molecule has 7 heteroatoms. The lowest BCUT2D eigenvalue weighted by Gasteiger charge is -2.07. The molecule has 1 amide bonds. The Kier molecular flexibility index (Phi) is 4.43. The van der Waals surface area contributed by atoms with Crippen LogP contribution < -0.4 is 11.0 Å². The summed E-state index contributed by atoms with van der Waals surface area (Å²) in [6.45, 7) is 0.311. The molecule has 2 heterocycles. The van der Waals surface area contributed by atoms with Crippen molar-refractivity contribution < 1.29 is 9.18 Å². The number of amides is 1. The third-order valence-electron chi connectivity index (χ3n) is 5.44. The van der Waals surface area contributed by atoms with E-state index >= 15 is 0 Å². The maximum absolute atomic E-state index is 13.1. The molecule has 1 saturated carbocycles. The normalized spacial score (nSPS) is 17.8. The molecule has 0 spiro atoms. The van der Waals surface area contributed by atoms with Crippen molar-refractivity contribution in [1.82, 2.24) is 14.2 Å². The molecule has 30 heavy (non-hydrogen) atoms. The molecule has 2 aromatic heterocycles. The Morgan fingerprint density at radius 2 is 1.93 bits per heavy atom. The molecule has 0 bridgehead atoms. The van der Waals surface area contributed by atoms with Crippen LogP contribution >= 0.6 is 0 Å². The van der Waals surface area contributed by atoms with Crippen LogP contribution in [0.2, 0.25) is 0 Å². The number of benzene rings is 2. The van der Waals surface area contributed by atoms with Gasteiger partial charge in [0, 0.05) is 17.8 Å². The average molecular weight is 402 g/mol. The summed E-state index contributed by atoms with van der Waals surface area (Å²) in [5.74, 6) is -0.307. The smallest absolute Gasteiger partial charge is 0.326 e. The number of hydrogen-bond acceptors (Lipinski definition) is 3. The maximum atomic E-state index is 13.1. The molecule has 4 aromatic rings. The van der Waals surface area contributed by atoms with Gasteiger partial charge in [0.2, 0.25) is 5.91 Å². The SMILES string of the molecule is O=C(Nc1cccc(Cn2nc3ccccn3c2=O)c1)C1CC1c1ccc(F)cc1. The highest BCUT2D eigenvalue weighted by Crippen LogP contribution is 2.48. The number of nitrogens with zero attached hydrogens (tertiary/aromatic N) is 3. The van der Waals surface area contributed by atoms with Crippen molar-refractivity contribution in [3.05, 3.63) is 100 Å². The van der Waals surface area contributed by atoms with E-state index in [0.29, 0.717) is 17.9 Å². The minimum atomic E-state index is -0.276. The molecular weight excluding hydrogens is 383 g/mol. The number of carbonyl (C=O) groups is 1. The lowest BCUT2D eigenvalue weighted by Crippen LogP contribution is -2.21. The summed E-state index contributed by atoms with van der Waals surface area (Å²) in [7, 11) is 0. The molecule has 2 aromatic carbocycles. The minimum absolute atomic E-state index is 0.0497. The van der Waals surface area contributed by atoms with Gasteiger partial charge < -0.3 is 5.32 Å². The molecule has 1 aliphatic rings. The maximum Gasteiger partial charge on any atom is 0.350 e. The molecule has 1 aliphatic carbocycles. The highest BCUT2D eigenvalue weighted by molar-refractivity contribution is 5.95. The van der Waals surface area contributed by atoms with Crippen LogP contribution in [0.3, 0.4) is 0 Å². The van der Waals surface area contributed by atoms with Crippen LogP contribution in [0.1, 0.15) is 23.5 Å². The van der Waals surface area contributed by atoms with Gasteiger partial charge in [-0.1, -0.05) is 30.3 Å². The summed E-state index contributed by atoms with van der Waals surface area (Å²) < 4.78 is 16.0. The van der Waals surface area contributed by atoms with Crippen molar-refractivity contribution >= 4 is 17.2 Å². The van der Waals surface area contributed by atoms with E-state index in [4.69, 9.17) is 0 Å². The number of nitrogens with one attached hydrogen (secondary N) is 1. The van der Waals surface area contributed by atoms with E-state index in [1.807, 2.05) is 30.3 Å². The second-order valence-electron chi connectivity index (χ2n) is 7.56. The lowest BCUT2D eigenvalue weighted by atomic mass is 10.1. The fraction of sp³-hybridized carbons (Fsp3) is 0.174. The van der Waals surface area contributed by atoms with Gasteiger partial charge in [0.15, 0.2) is 5.65 Å². The molecule has 0 radical (unpaired) electrons. The zero-order valence-electron chi connectivity index (χ0n) is 16.0. The number of rotatable bonds is 5. The fourth-order valence-electron chi connectivity index (χ4n) is 3.79. The first-order valence-corrected chi connectivity index (χ1v) is 9.78. The predicted molar refractivity (Wildman–Crippen MR) is 111 cm³/mol. The van der Waals surface area contributed by atoms with Crippen molar-refractivity contribution in [3.8, 4) is 0 Å². The largest absolute Gasteiger partial charge is 0.350 e. The van der Waals surface area contributed by atoms with Crippen molar-refractivity contribution in [2.24, 2.45) is 5.92 Å². The molecule has 5 rings (SSSR count). The first-order valence-electron chi connectivity index (χ1n) is 9.78. The van der Waals surface area contributed by atoms with Gasteiger partial charge in [-0.3, -0.25) is 9.20 Å². The molecule has 150 valence electrons. The van der Waals surface area contributed by atoms with Gasteiger partial charge in [0.1, 0.15) is 5.82 Å². The summed E-state index contributed by atoms with van der Waals surface area (Å²) in [6, 6.07) is 19.1. The first kappa shape index (κ1) is 18.3. The summed E-state index contributed by atoms with van der Waals surface area (Å²) in [5, 5.41) is 7.30. The third-order valence-corrected chi connectivity index (χ3v) is 5.44. The second kappa shape index (κ2) is 7.26. The standard InChI is InChI=1S/C23H19FN4O2/c24-17-9-7-16(8-10-17)19-13-20(19)22(29)25-18-5-3-4-15(12-18)14-28-23(30)27-11-2-1-6-21(27)26-28/h1-12,19-20H,13-14H2,(H,25,29). The molecule has 2 unspecified atom stereocenters. The number of fused-ring (bicyclic) bond motifs is 1. The number of anilines is 1. The molecular formula is C23H19FN4O2. The average Bonchev–Trinajstić information content (AvgIpc) is 3.49.